The second-order valence-corrected chi connectivity index (χ2v) is 10.2. The summed E-state index contributed by atoms with van der Waals surface area (Å²) in [6.45, 7) is 4.36. The molecular formula is C19H27N5O5S. The first-order valence-corrected chi connectivity index (χ1v) is 11.8. The molecule has 3 fully saturated rings. The molecule has 1 aromatic carbocycles. The zero-order valence-corrected chi connectivity index (χ0v) is 17.7. The van der Waals surface area contributed by atoms with E-state index in [0.29, 0.717) is 37.8 Å². The monoisotopic (exact) mass is 437 g/mol. The minimum absolute atomic E-state index is 0.00544. The van der Waals surface area contributed by atoms with Crippen LogP contribution in [-0.4, -0.2) is 62.5 Å². The molecular weight excluding hydrogens is 410 g/mol. The van der Waals surface area contributed by atoms with Crippen LogP contribution in [0.3, 0.4) is 0 Å². The fourth-order valence-electron chi connectivity index (χ4n) is 4.43. The molecule has 0 atom stereocenters. The summed E-state index contributed by atoms with van der Waals surface area (Å²) in [5.41, 5.74) is 0.140. The van der Waals surface area contributed by atoms with Gasteiger partial charge in [-0.25, -0.2) is 17.9 Å². The molecule has 2 N–H and O–H groups in total. The lowest BCUT2D eigenvalue weighted by Crippen LogP contribution is -2.60. The van der Waals surface area contributed by atoms with Crippen molar-refractivity contribution in [1.29, 1.82) is 0 Å². The van der Waals surface area contributed by atoms with Crippen molar-refractivity contribution in [1.82, 2.24) is 14.9 Å². The Labute approximate surface area is 175 Å². The summed E-state index contributed by atoms with van der Waals surface area (Å²) in [4.78, 5) is 26.3. The predicted octanol–water partition coefficient (Wildman–Crippen LogP) is 1.67. The molecule has 3 aliphatic rings. The topological polar surface area (TPSA) is 125 Å². The van der Waals surface area contributed by atoms with Crippen molar-refractivity contribution in [3.8, 4) is 0 Å². The summed E-state index contributed by atoms with van der Waals surface area (Å²) in [6.07, 6.45) is 3.49. The van der Waals surface area contributed by atoms with Crippen LogP contribution in [0.2, 0.25) is 0 Å². The molecule has 2 saturated heterocycles. The number of rotatable bonds is 6. The Kier molecular flexibility index (Phi) is 5.58. The van der Waals surface area contributed by atoms with E-state index >= 15 is 0 Å². The van der Waals surface area contributed by atoms with Crippen LogP contribution in [0, 0.1) is 16.0 Å². The molecule has 0 aromatic heterocycles. The Morgan fingerprint density at radius 2 is 1.90 bits per heavy atom. The molecule has 2 heterocycles. The Bertz CT molecular complexity index is 939. The lowest BCUT2D eigenvalue weighted by Gasteiger charge is -2.44. The van der Waals surface area contributed by atoms with Crippen molar-refractivity contribution < 1.29 is 18.1 Å². The lowest BCUT2D eigenvalue weighted by molar-refractivity contribution is -0.384. The Morgan fingerprint density at radius 1 is 1.20 bits per heavy atom. The van der Waals surface area contributed by atoms with Gasteiger partial charge in [-0.05, 0) is 43.7 Å². The van der Waals surface area contributed by atoms with E-state index in [1.165, 1.54) is 12.1 Å². The highest BCUT2D eigenvalue weighted by Crippen LogP contribution is 2.35. The van der Waals surface area contributed by atoms with E-state index in [9.17, 15) is 23.3 Å². The maximum absolute atomic E-state index is 12.8. The molecule has 10 nitrogen and oxygen atoms in total. The van der Waals surface area contributed by atoms with Gasteiger partial charge in [-0.15, -0.1) is 0 Å². The summed E-state index contributed by atoms with van der Waals surface area (Å²) in [5, 5.41) is 14.4. The van der Waals surface area contributed by atoms with Crippen LogP contribution in [0.1, 0.15) is 32.6 Å². The summed E-state index contributed by atoms with van der Waals surface area (Å²) in [7, 11) is -3.83. The first kappa shape index (κ1) is 20.9. The van der Waals surface area contributed by atoms with Crippen LogP contribution in [0.15, 0.2) is 23.1 Å². The number of benzene rings is 1. The largest absolute Gasteiger partial charge is 0.362 e. The maximum Gasteiger partial charge on any atom is 0.317 e. The van der Waals surface area contributed by atoms with Gasteiger partial charge in [0.15, 0.2) is 0 Å². The van der Waals surface area contributed by atoms with Gasteiger partial charge in [-0.2, -0.15) is 0 Å². The highest BCUT2D eigenvalue weighted by Gasteiger charge is 2.39. The summed E-state index contributed by atoms with van der Waals surface area (Å²) < 4.78 is 28.3. The average Bonchev–Trinajstić information content (AvgIpc) is 3.08. The van der Waals surface area contributed by atoms with Crippen LogP contribution < -0.4 is 14.9 Å². The molecule has 0 radical (unpaired) electrons. The molecule has 1 aromatic rings. The number of nitro groups is 1. The van der Waals surface area contributed by atoms with Gasteiger partial charge in [0.25, 0.3) is 5.69 Å². The molecule has 164 valence electrons. The number of urea groups is 1. The van der Waals surface area contributed by atoms with Gasteiger partial charge in [-0.1, -0.05) is 6.92 Å². The van der Waals surface area contributed by atoms with Gasteiger partial charge in [-0.3, -0.25) is 10.1 Å². The van der Waals surface area contributed by atoms with Gasteiger partial charge in [0.05, 0.1) is 15.9 Å². The number of carbonyl (C=O) groups is 1. The third-order valence-electron chi connectivity index (χ3n) is 6.33. The minimum atomic E-state index is -3.83. The van der Waals surface area contributed by atoms with Crippen LogP contribution in [-0.2, 0) is 10.0 Å². The number of hydrogen-bond donors (Lipinski definition) is 2. The fourth-order valence-corrected chi connectivity index (χ4v) is 5.76. The molecule has 4 rings (SSSR count). The maximum atomic E-state index is 12.8. The van der Waals surface area contributed by atoms with Crippen molar-refractivity contribution in [2.45, 2.75) is 49.6 Å². The van der Waals surface area contributed by atoms with Crippen LogP contribution in [0.4, 0.5) is 16.2 Å². The van der Waals surface area contributed by atoms with Gasteiger partial charge in [0, 0.05) is 38.3 Å². The third-order valence-corrected chi connectivity index (χ3v) is 7.84. The number of carbonyl (C=O) groups excluding carboxylic acids is 1. The van der Waals surface area contributed by atoms with Crippen molar-refractivity contribution in [2.24, 2.45) is 5.92 Å². The standard InChI is InChI=1S/C19H27N5O5S/c1-13-2-4-14(5-3-13)21-30(28,29)16-6-7-17(18(10-16)24(26)27)22-11-15(12-22)23-9-8-20-19(23)25/h6-7,10,13-15,21H,2-5,8-9,11-12H2,1H3,(H,20,25). The van der Waals surface area contributed by atoms with Gasteiger partial charge in [0.2, 0.25) is 10.0 Å². The van der Waals surface area contributed by atoms with Crippen molar-refractivity contribution >= 4 is 27.4 Å². The normalized spacial score (nSPS) is 25.2. The van der Waals surface area contributed by atoms with Gasteiger partial charge < -0.3 is 15.1 Å². The second kappa shape index (κ2) is 8.03. The highest BCUT2D eigenvalue weighted by atomic mass is 32.2. The van der Waals surface area contributed by atoms with E-state index in [1.807, 2.05) is 0 Å². The summed E-state index contributed by atoms with van der Waals surface area (Å²) in [6, 6.07) is 3.82. The SMILES string of the molecule is CC1CCC(NS(=O)(=O)c2ccc(N3CC(N4CCNC4=O)C3)c([N+](=O)[O-])c2)CC1. The van der Waals surface area contributed by atoms with E-state index in [2.05, 4.69) is 17.0 Å². The summed E-state index contributed by atoms with van der Waals surface area (Å²) in [5.74, 6) is 0.595. The van der Waals surface area contributed by atoms with Crippen LogP contribution in [0.25, 0.3) is 0 Å². The van der Waals surface area contributed by atoms with Crippen molar-refractivity contribution in [2.75, 3.05) is 31.1 Å². The minimum Gasteiger partial charge on any atom is -0.362 e. The Morgan fingerprint density at radius 3 is 2.50 bits per heavy atom. The number of amides is 2. The Hall–Kier alpha value is -2.40. The highest BCUT2D eigenvalue weighted by molar-refractivity contribution is 7.89. The second-order valence-electron chi connectivity index (χ2n) is 8.47. The smallest absolute Gasteiger partial charge is 0.317 e. The number of sulfonamides is 1. The molecule has 1 saturated carbocycles. The lowest BCUT2D eigenvalue weighted by atomic mass is 9.88. The number of hydrogen-bond acceptors (Lipinski definition) is 6. The van der Waals surface area contributed by atoms with E-state index in [-0.39, 0.29) is 28.7 Å². The first-order chi connectivity index (χ1) is 14.2. The molecule has 2 aliphatic heterocycles. The number of nitrogens with one attached hydrogen (secondary N) is 2. The summed E-state index contributed by atoms with van der Waals surface area (Å²) >= 11 is 0. The van der Waals surface area contributed by atoms with Crippen LogP contribution in [0.5, 0.6) is 0 Å². The van der Waals surface area contributed by atoms with E-state index in [0.717, 1.165) is 31.7 Å². The number of nitro benzene ring substituents is 1. The van der Waals surface area contributed by atoms with E-state index < -0.39 is 14.9 Å². The molecule has 2 amide bonds. The molecule has 0 unspecified atom stereocenters. The molecule has 11 heteroatoms. The number of nitrogens with zero attached hydrogens (tertiary/aromatic N) is 3. The quantitative estimate of drug-likeness (QED) is 0.515. The molecule has 0 bridgehead atoms. The molecule has 1 aliphatic carbocycles. The first-order valence-electron chi connectivity index (χ1n) is 10.3. The van der Waals surface area contributed by atoms with Gasteiger partial charge >= 0.3 is 6.03 Å². The van der Waals surface area contributed by atoms with Crippen molar-refractivity contribution in [3.63, 3.8) is 0 Å². The van der Waals surface area contributed by atoms with Gasteiger partial charge in [0.1, 0.15) is 5.69 Å². The molecule has 30 heavy (non-hydrogen) atoms. The Balaban J connectivity index is 1.48. The molecule has 0 spiro atoms. The zero-order valence-electron chi connectivity index (χ0n) is 16.9. The van der Waals surface area contributed by atoms with E-state index in [1.54, 1.807) is 9.80 Å². The fraction of sp³-hybridized carbons (Fsp3) is 0.632. The van der Waals surface area contributed by atoms with Crippen molar-refractivity contribution in [3.05, 3.63) is 28.3 Å². The zero-order chi connectivity index (χ0) is 21.5. The predicted molar refractivity (Wildman–Crippen MR) is 111 cm³/mol. The van der Waals surface area contributed by atoms with Crippen LogP contribution >= 0.6 is 0 Å². The number of anilines is 1. The average molecular weight is 438 g/mol. The van der Waals surface area contributed by atoms with E-state index in [4.69, 9.17) is 0 Å². The third kappa shape index (κ3) is 4.08.